The first-order valence-corrected chi connectivity index (χ1v) is 9.11. The van der Waals surface area contributed by atoms with Crippen molar-refractivity contribution >= 4 is 11.8 Å². The molecule has 1 saturated heterocycles. The van der Waals surface area contributed by atoms with E-state index in [1.54, 1.807) is 7.05 Å². The number of carbonyl (C=O) groups excluding carboxylic acids is 2. The third kappa shape index (κ3) is 5.05. The molecule has 5 nitrogen and oxygen atoms in total. The van der Waals surface area contributed by atoms with Gasteiger partial charge in [0, 0.05) is 32.2 Å². The van der Waals surface area contributed by atoms with Crippen molar-refractivity contribution in [2.75, 3.05) is 27.2 Å². The highest BCUT2D eigenvalue weighted by atomic mass is 16.2. The summed E-state index contributed by atoms with van der Waals surface area (Å²) in [5.41, 5.74) is 1.74. The number of hydrogen-bond acceptors (Lipinski definition) is 3. The van der Waals surface area contributed by atoms with E-state index in [0.29, 0.717) is 23.9 Å². The van der Waals surface area contributed by atoms with Gasteiger partial charge in [-0.05, 0) is 49.9 Å². The molecule has 1 aromatic rings. The van der Waals surface area contributed by atoms with Crippen LogP contribution in [0.4, 0.5) is 0 Å². The molecule has 0 unspecified atom stereocenters. The standard InChI is InChI=1S/C20H31N3O2/c1-14-10-15(2)12-23(11-14)20(25)16(3)22(5)13-17-6-8-18(9-7-17)19(24)21-4/h6-9,14-16H,10-13H2,1-5H3,(H,21,24)/t14-,15+,16-/m0/s1. The highest BCUT2D eigenvalue weighted by Gasteiger charge is 2.29. The van der Waals surface area contributed by atoms with E-state index in [9.17, 15) is 9.59 Å². The fourth-order valence-electron chi connectivity index (χ4n) is 3.63. The lowest BCUT2D eigenvalue weighted by Crippen LogP contribution is -2.50. The van der Waals surface area contributed by atoms with E-state index < -0.39 is 0 Å². The maximum atomic E-state index is 12.8. The van der Waals surface area contributed by atoms with Crippen LogP contribution in [0.2, 0.25) is 0 Å². The summed E-state index contributed by atoms with van der Waals surface area (Å²) in [6.07, 6.45) is 1.20. The summed E-state index contributed by atoms with van der Waals surface area (Å²) in [6, 6.07) is 7.38. The van der Waals surface area contributed by atoms with Crippen molar-refractivity contribution in [1.29, 1.82) is 0 Å². The Morgan fingerprint density at radius 1 is 1.20 bits per heavy atom. The molecule has 1 aliphatic heterocycles. The van der Waals surface area contributed by atoms with E-state index in [-0.39, 0.29) is 17.9 Å². The van der Waals surface area contributed by atoms with Crippen LogP contribution in [-0.2, 0) is 11.3 Å². The van der Waals surface area contributed by atoms with Crippen LogP contribution < -0.4 is 5.32 Å². The number of nitrogens with zero attached hydrogens (tertiary/aromatic N) is 2. The predicted molar refractivity (Wildman–Crippen MR) is 100 cm³/mol. The molecule has 1 aromatic carbocycles. The maximum absolute atomic E-state index is 12.8. The van der Waals surface area contributed by atoms with Crippen molar-refractivity contribution in [2.45, 2.75) is 39.8 Å². The number of likely N-dealkylation sites (N-methyl/N-ethyl adjacent to an activating group) is 1. The first-order valence-electron chi connectivity index (χ1n) is 9.11. The van der Waals surface area contributed by atoms with Crippen molar-refractivity contribution in [2.24, 2.45) is 11.8 Å². The molecule has 0 saturated carbocycles. The molecule has 1 heterocycles. The minimum atomic E-state index is -0.156. The van der Waals surface area contributed by atoms with E-state index >= 15 is 0 Å². The molecular formula is C20H31N3O2. The zero-order valence-corrected chi connectivity index (χ0v) is 16.1. The topological polar surface area (TPSA) is 52.7 Å². The SMILES string of the molecule is CNC(=O)c1ccc(CN(C)[C@@H](C)C(=O)N2C[C@H](C)C[C@H](C)C2)cc1. The molecule has 1 fully saturated rings. The summed E-state index contributed by atoms with van der Waals surface area (Å²) in [7, 11) is 3.60. The summed E-state index contributed by atoms with van der Waals surface area (Å²) in [6.45, 7) is 8.83. The van der Waals surface area contributed by atoms with Gasteiger partial charge in [0.2, 0.25) is 5.91 Å². The molecule has 1 N–H and O–H groups in total. The van der Waals surface area contributed by atoms with Crippen LogP contribution in [0.15, 0.2) is 24.3 Å². The molecule has 0 aromatic heterocycles. The number of amides is 2. The molecule has 2 amide bonds. The summed E-state index contributed by atoms with van der Waals surface area (Å²) < 4.78 is 0. The van der Waals surface area contributed by atoms with Gasteiger partial charge in [0.15, 0.2) is 0 Å². The number of piperidine rings is 1. The average Bonchev–Trinajstić information content (AvgIpc) is 2.59. The Morgan fingerprint density at radius 3 is 2.28 bits per heavy atom. The molecule has 5 heteroatoms. The highest BCUT2D eigenvalue weighted by molar-refractivity contribution is 5.93. The lowest BCUT2D eigenvalue weighted by atomic mass is 9.91. The Labute approximate surface area is 151 Å². The predicted octanol–water partition coefficient (Wildman–Crippen LogP) is 2.37. The van der Waals surface area contributed by atoms with Gasteiger partial charge in [0.05, 0.1) is 6.04 Å². The monoisotopic (exact) mass is 345 g/mol. The number of rotatable bonds is 5. The van der Waals surface area contributed by atoms with Gasteiger partial charge in [-0.2, -0.15) is 0 Å². The lowest BCUT2D eigenvalue weighted by Gasteiger charge is -2.38. The van der Waals surface area contributed by atoms with Crippen molar-refractivity contribution in [3.05, 3.63) is 35.4 Å². The molecule has 138 valence electrons. The molecule has 0 radical (unpaired) electrons. The largest absolute Gasteiger partial charge is 0.355 e. The van der Waals surface area contributed by atoms with Gasteiger partial charge in [-0.1, -0.05) is 26.0 Å². The van der Waals surface area contributed by atoms with Gasteiger partial charge in [0.25, 0.3) is 5.91 Å². The van der Waals surface area contributed by atoms with Gasteiger partial charge in [-0.25, -0.2) is 0 Å². The van der Waals surface area contributed by atoms with Crippen molar-refractivity contribution < 1.29 is 9.59 Å². The molecule has 2 rings (SSSR count). The second kappa shape index (κ2) is 8.48. The molecule has 3 atom stereocenters. The second-order valence-corrected chi connectivity index (χ2v) is 7.56. The summed E-state index contributed by atoms with van der Waals surface area (Å²) >= 11 is 0. The molecule has 0 bridgehead atoms. The Kier molecular flexibility index (Phi) is 6.59. The van der Waals surface area contributed by atoms with Crippen LogP contribution in [0.25, 0.3) is 0 Å². The summed E-state index contributed by atoms with van der Waals surface area (Å²) in [4.78, 5) is 28.5. The van der Waals surface area contributed by atoms with E-state index in [2.05, 4.69) is 24.1 Å². The zero-order valence-electron chi connectivity index (χ0n) is 16.1. The number of carbonyl (C=O) groups is 2. The first-order chi connectivity index (χ1) is 11.8. The highest BCUT2D eigenvalue weighted by Crippen LogP contribution is 2.22. The van der Waals surface area contributed by atoms with Crippen LogP contribution in [0.3, 0.4) is 0 Å². The quantitative estimate of drug-likeness (QED) is 0.891. The van der Waals surface area contributed by atoms with Crippen LogP contribution in [0.1, 0.15) is 43.1 Å². The minimum Gasteiger partial charge on any atom is -0.355 e. The Morgan fingerprint density at radius 2 is 1.76 bits per heavy atom. The van der Waals surface area contributed by atoms with E-state index in [1.165, 1.54) is 6.42 Å². The second-order valence-electron chi connectivity index (χ2n) is 7.56. The Bertz CT molecular complexity index is 589. The van der Waals surface area contributed by atoms with E-state index in [0.717, 1.165) is 18.7 Å². The number of likely N-dealkylation sites (tertiary alicyclic amines) is 1. The van der Waals surface area contributed by atoms with Crippen molar-refractivity contribution in [3.8, 4) is 0 Å². The van der Waals surface area contributed by atoms with Crippen molar-refractivity contribution in [3.63, 3.8) is 0 Å². The summed E-state index contributed by atoms with van der Waals surface area (Å²) in [5.74, 6) is 1.27. The molecule has 0 aliphatic carbocycles. The van der Waals surface area contributed by atoms with E-state index in [4.69, 9.17) is 0 Å². The van der Waals surface area contributed by atoms with Crippen LogP contribution in [0.5, 0.6) is 0 Å². The third-order valence-electron chi connectivity index (χ3n) is 5.07. The summed E-state index contributed by atoms with van der Waals surface area (Å²) in [5, 5.41) is 2.62. The third-order valence-corrected chi connectivity index (χ3v) is 5.07. The van der Waals surface area contributed by atoms with Gasteiger partial charge >= 0.3 is 0 Å². The number of benzene rings is 1. The molecule has 1 aliphatic rings. The maximum Gasteiger partial charge on any atom is 0.251 e. The molecule has 25 heavy (non-hydrogen) atoms. The fourth-order valence-corrected chi connectivity index (χ4v) is 3.63. The van der Waals surface area contributed by atoms with Gasteiger partial charge in [-0.15, -0.1) is 0 Å². The van der Waals surface area contributed by atoms with Crippen molar-refractivity contribution in [1.82, 2.24) is 15.1 Å². The zero-order chi connectivity index (χ0) is 18.6. The average molecular weight is 345 g/mol. The van der Waals surface area contributed by atoms with Crippen LogP contribution in [0, 0.1) is 11.8 Å². The smallest absolute Gasteiger partial charge is 0.251 e. The normalized spacial score (nSPS) is 21.9. The fraction of sp³-hybridized carbons (Fsp3) is 0.600. The van der Waals surface area contributed by atoms with Crippen LogP contribution in [-0.4, -0.2) is 54.8 Å². The molecule has 0 spiro atoms. The van der Waals surface area contributed by atoms with E-state index in [1.807, 2.05) is 43.1 Å². The first kappa shape index (κ1) is 19.4. The lowest BCUT2D eigenvalue weighted by molar-refractivity contribution is -0.138. The molecular weight excluding hydrogens is 314 g/mol. The number of nitrogens with one attached hydrogen (secondary N) is 1. The van der Waals surface area contributed by atoms with Gasteiger partial charge < -0.3 is 10.2 Å². The minimum absolute atomic E-state index is 0.0863. The van der Waals surface area contributed by atoms with Gasteiger partial charge in [-0.3, -0.25) is 14.5 Å². The Balaban J connectivity index is 1.96. The van der Waals surface area contributed by atoms with Gasteiger partial charge in [0.1, 0.15) is 0 Å². The van der Waals surface area contributed by atoms with Crippen LogP contribution >= 0.6 is 0 Å². The Hall–Kier alpha value is -1.88. The number of hydrogen-bond donors (Lipinski definition) is 1.